The van der Waals surface area contributed by atoms with E-state index in [2.05, 4.69) is 20.3 Å². The highest BCUT2D eigenvalue weighted by atomic mass is 35.5. The maximum absolute atomic E-state index is 12.7. The molecule has 1 aliphatic heterocycles. The Morgan fingerprint density at radius 2 is 1.95 bits per heavy atom. The molecule has 5 rings (SSSR count). The molecule has 2 fully saturated rings. The number of rotatable bonds is 8. The van der Waals surface area contributed by atoms with Crippen LogP contribution < -0.4 is 5.32 Å². The summed E-state index contributed by atoms with van der Waals surface area (Å²) in [5.41, 5.74) is 1.40. The lowest BCUT2D eigenvalue weighted by Gasteiger charge is -2.26. The molecule has 0 bridgehead atoms. The number of benzene rings is 1. The van der Waals surface area contributed by atoms with Crippen LogP contribution in [0.2, 0.25) is 5.28 Å². The van der Waals surface area contributed by atoms with E-state index in [1.165, 1.54) is 6.33 Å². The Bertz CT molecular complexity index is 1250. The van der Waals surface area contributed by atoms with Crippen molar-refractivity contribution >= 4 is 40.5 Å². The molecule has 12 heteroatoms. The van der Waals surface area contributed by atoms with Gasteiger partial charge in [0.25, 0.3) is 0 Å². The smallest absolute Gasteiger partial charge is 0.338 e. The van der Waals surface area contributed by atoms with Gasteiger partial charge in [-0.2, -0.15) is 9.97 Å². The van der Waals surface area contributed by atoms with Crippen molar-refractivity contribution in [3.05, 3.63) is 47.5 Å². The van der Waals surface area contributed by atoms with Crippen LogP contribution in [-0.4, -0.2) is 74.1 Å². The Morgan fingerprint density at radius 1 is 1.16 bits per heavy atom. The van der Waals surface area contributed by atoms with Gasteiger partial charge in [-0.25, -0.2) is 9.78 Å². The average Bonchev–Trinajstić information content (AvgIpc) is 3.51. The number of nitrogens with one attached hydrogen (secondary N) is 1. The lowest BCUT2D eigenvalue weighted by Crippen LogP contribution is -2.28. The molecule has 0 radical (unpaired) electrons. The van der Waals surface area contributed by atoms with Crippen molar-refractivity contribution in [1.82, 2.24) is 19.5 Å². The minimum Gasteiger partial charge on any atom is -0.459 e. The summed E-state index contributed by atoms with van der Waals surface area (Å²) in [5, 5.41) is 13.1. The number of nitrogens with zero attached hydrogens (tertiary/aromatic N) is 4. The van der Waals surface area contributed by atoms with Gasteiger partial charge in [0.15, 0.2) is 17.0 Å². The molecule has 196 valence electrons. The van der Waals surface area contributed by atoms with Crippen molar-refractivity contribution in [3.63, 3.8) is 0 Å². The maximum Gasteiger partial charge on any atom is 0.338 e. The van der Waals surface area contributed by atoms with Crippen LogP contribution in [0.25, 0.3) is 11.2 Å². The first-order chi connectivity index (χ1) is 17.9. The maximum atomic E-state index is 12.7. The number of hydrogen-bond donors (Lipinski definition) is 2. The summed E-state index contributed by atoms with van der Waals surface area (Å²) in [6.07, 6.45) is 3.95. The van der Waals surface area contributed by atoms with Gasteiger partial charge in [-0.15, -0.1) is 0 Å². The number of aromatic nitrogens is 4. The van der Waals surface area contributed by atoms with Gasteiger partial charge in [0, 0.05) is 12.5 Å². The summed E-state index contributed by atoms with van der Waals surface area (Å²) < 4.78 is 18.1. The van der Waals surface area contributed by atoms with Crippen LogP contribution in [0.1, 0.15) is 42.5 Å². The van der Waals surface area contributed by atoms with Crippen LogP contribution in [-0.2, 0) is 25.5 Å². The highest BCUT2D eigenvalue weighted by Gasteiger charge is 2.30. The van der Waals surface area contributed by atoms with Gasteiger partial charge in [0.05, 0.1) is 30.7 Å². The van der Waals surface area contributed by atoms with Crippen molar-refractivity contribution in [3.8, 4) is 0 Å². The Balaban J connectivity index is 1.14. The van der Waals surface area contributed by atoms with Gasteiger partial charge in [-0.1, -0.05) is 18.2 Å². The third kappa shape index (κ3) is 6.35. The van der Waals surface area contributed by atoms with E-state index < -0.39 is 18.0 Å². The van der Waals surface area contributed by atoms with Crippen LogP contribution in [0.4, 0.5) is 5.82 Å². The Hall–Kier alpha value is -3.28. The van der Waals surface area contributed by atoms with E-state index in [4.69, 9.17) is 25.8 Å². The molecule has 0 amide bonds. The predicted molar refractivity (Wildman–Crippen MR) is 133 cm³/mol. The predicted octanol–water partition coefficient (Wildman–Crippen LogP) is 2.75. The average molecular weight is 530 g/mol. The third-order valence-corrected chi connectivity index (χ3v) is 6.69. The fraction of sp³-hybridized carbons (Fsp3) is 0.480. The summed E-state index contributed by atoms with van der Waals surface area (Å²) in [6, 6.07) is 8.87. The number of imidazole rings is 1. The quantitative estimate of drug-likeness (QED) is 0.331. The number of carbonyl (C=O) groups is 2. The van der Waals surface area contributed by atoms with Crippen molar-refractivity contribution in [2.75, 3.05) is 18.5 Å². The monoisotopic (exact) mass is 529 g/mol. The second-order valence-corrected chi connectivity index (χ2v) is 9.64. The molecular weight excluding hydrogens is 502 g/mol. The number of halogens is 1. The van der Waals surface area contributed by atoms with E-state index in [1.54, 1.807) is 28.8 Å². The molecular formula is C25H28ClN5O6. The Kier molecular flexibility index (Phi) is 7.82. The molecule has 1 aliphatic carbocycles. The standard InChI is InChI=1S/C25H28ClN5O6/c26-25-29-22(28-16-6-8-17(32)9-7-16)21-23(30-25)31(14-27-21)11-20(33)37-19-10-18(35-13-19)12-36-24(34)15-4-2-1-3-5-15/h1-5,14,16-19,32H,6-13H2,(H,28,29,30)/t16?,17?,18-,19-/m1/s1. The fourth-order valence-electron chi connectivity index (χ4n) is 4.61. The molecule has 1 saturated carbocycles. The number of ether oxygens (including phenoxy) is 3. The number of fused-ring (bicyclic) bond motifs is 1. The molecule has 2 atom stereocenters. The highest BCUT2D eigenvalue weighted by Crippen LogP contribution is 2.26. The Morgan fingerprint density at radius 3 is 2.73 bits per heavy atom. The van der Waals surface area contributed by atoms with Gasteiger partial charge in [-0.05, 0) is 49.4 Å². The molecule has 1 aromatic carbocycles. The van der Waals surface area contributed by atoms with Gasteiger partial charge >= 0.3 is 11.9 Å². The molecule has 11 nitrogen and oxygen atoms in total. The SMILES string of the molecule is O=C(Cn1cnc2c(NC3CCC(O)CC3)nc(Cl)nc21)O[C@H]1CO[C@@H](COC(=O)c2ccccc2)C1. The minimum absolute atomic E-state index is 0.0399. The largest absolute Gasteiger partial charge is 0.459 e. The third-order valence-electron chi connectivity index (χ3n) is 6.53. The normalized spacial score (nSPS) is 23.6. The molecule has 2 aromatic heterocycles. The molecule has 3 heterocycles. The first-order valence-electron chi connectivity index (χ1n) is 12.3. The van der Waals surface area contributed by atoms with E-state index in [1.807, 2.05) is 6.07 Å². The lowest BCUT2D eigenvalue weighted by atomic mass is 9.93. The fourth-order valence-corrected chi connectivity index (χ4v) is 4.77. The van der Waals surface area contributed by atoms with Crippen LogP contribution in [0.5, 0.6) is 0 Å². The van der Waals surface area contributed by atoms with Crippen molar-refractivity contribution in [1.29, 1.82) is 0 Å². The van der Waals surface area contributed by atoms with E-state index >= 15 is 0 Å². The van der Waals surface area contributed by atoms with Crippen molar-refractivity contribution in [2.24, 2.45) is 0 Å². The Labute approximate surface area is 218 Å². The van der Waals surface area contributed by atoms with Crippen LogP contribution in [0, 0.1) is 0 Å². The first-order valence-corrected chi connectivity index (χ1v) is 12.7. The molecule has 3 aromatic rings. The number of aliphatic hydroxyl groups excluding tert-OH is 1. The van der Waals surface area contributed by atoms with Gasteiger partial charge in [0.2, 0.25) is 5.28 Å². The van der Waals surface area contributed by atoms with E-state index in [0.29, 0.717) is 29.0 Å². The number of hydrogen-bond acceptors (Lipinski definition) is 10. The van der Waals surface area contributed by atoms with E-state index in [9.17, 15) is 14.7 Å². The topological polar surface area (TPSA) is 138 Å². The zero-order valence-electron chi connectivity index (χ0n) is 20.1. The summed E-state index contributed by atoms with van der Waals surface area (Å²) >= 11 is 6.16. The van der Waals surface area contributed by atoms with Crippen LogP contribution in [0.3, 0.4) is 0 Å². The van der Waals surface area contributed by atoms with Crippen LogP contribution in [0.15, 0.2) is 36.7 Å². The molecule has 2 aliphatic rings. The zero-order chi connectivity index (χ0) is 25.8. The first kappa shape index (κ1) is 25.4. The number of anilines is 1. The van der Waals surface area contributed by atoms with Gasteiger partial charge in [-0.3, -0.25) is 4.79 Å². The minimum atomic E-state index is -0.472. The van der Waals surface area contributed by atoms with Crippen molar-refractivity contribution in [2.45, 2.75) is 63.0 Å². The second-order valence-electron chi connectivity index (χ2n) is 9.30. The summed E-state index contributed by atoms with van der Waals surface area (Å²) in [7, 11) is 0. The summed E-state index contributed by atoms with van der Waals surface area (Å²) in [4.78, 5) is 37.7. The summed E-state index contributed by atoms with van der Waals surface area (Å²) in [5.74, 6) is -0.395. The lowest BCUT2D eigenvalue weighted by molar-refractivity contribution is -0.149. The number of carbonyl (C=O) groups excluding carboxylic acids is 2. The number of aliphatic hydroxyl groups is 1. The molecule has 37 heavy (non-hydrogen) atoms. The molecule has 1 saturated heterocycles. The second kappa shape index (κ2) is 11.4. The van der Waals surface area contributed by atoms with Gasteiger partial charge < -0.3 is 29.2 Å². The summed E-state index contributed by atoms with van der Waals surface area (Å²) in [6.45, 7) is 0.199. The van der Waals surface area contributed by atoms with Gasteiger partial charge in [0.1, 0.15) is 19.3 Å². The number of esters is 2. The molecule has 2 N–H and O–H groups in total. The van der Waals surface area contributed by atoms with Crippen molar-refractivity contribution < 1.29 is 28.9 Å². The molecule has 0 spiro atoms. The van der Waals surface area contributed by atoms with E-state index in [0.717, 1.165) is 25.7 Å². The zero-order valence-corrected chi connectivity index (χ0v) is 20.8. The molecule has 0 unspecified atom stereocenters. The highest BCUT2D eigenvalue weighted by molar-refractivity contribution is 6.28. The van der Waals surface area contributed by atoms with E-state index in [-0.39, 0.29) is 43.3 Å². The van der Waals surface area contributed by atoms with Crippen LogP contribution >= 0.6 is 11.6 Å².